The van der Waals surface area contributed by atoms with Crippen molar-refractivity contribution in [3.8, 4) is 28.6 Å². The first kappa shape index (κ1) is 16.0. The zero-order valence-corrected chi connectivity index (χ0v) is 12.7. The molecule has 1 N–H and O–H groups in total. The molecule has 0 unspecified atom stereocenters. The van der Waals surface area contributed by atoms with Crippen molar-refractivity contribution in [1.82, 2.24) is 15.0 Å². The number of hydrogen-bond acceptors (Lipinski definition) is 3. The number of alkyl halides is 3. The van der Waals surface area contributed by atoms with Gasteiger partial charge in [0.1, 0.15) is 16.7 Å². The lowest BCUT2D eigenvalue weighted by molar-refractivity contribution is -0.141. The molecular formula is C16H8ClF3N4. The van der Waals surface area contributed by atoms with Crippen LogP contribution in [0.4, 0.5) is 13.2 Å². The summed E-state index contributed by atoms with van der Waals surface area (Å²) in [6, 6.07) is 8.88. The van der Waals surface area contributed by atoms with Crippen LogP contribution >= 0.6 is 11.6 Å². The largest absolute Gasteiger partial charge is 0.433 e. The Kier molecular flexibility index (Phi) is 3.99. The SMILES string of the molecule is N#Cc1ccc(-c2cc(Cl)nc(C(F)(F)F)c2)c(-c2ncc[nH]2)c1. The van der Waals surface area contributed by atoms with Crippen LogP contribution in [0.15, 0.2) is 42.7 Å². The third kappa shape index (κ3) is 3.09. The summed E-state index contributed by atoms with van der Waals surface area (Å²) >= 11 is 5.75. The fraction of sp³-hybridized carbons (Fsp3) is 0.0625. The zero-order valence-electron chi connectivity index (χ0n) is 11.9. The summed E-state index contributed by atoms with van der Waals surface area (Å²) in [6.45, 7) is 0. The van der Waals surface area contributed by atoms with Gasteiger partial charge in [-0.05, 0) is 35.4 Å². The summed E-state index contributed by atoms with van der Waals surface area (Å²) in [5.41, 5.74) is 0.465. The summed E-state index contributed by atoms with van der Waals surface area (Å²) in [5, 5.41) is 8.79. The molecule has 8 heteroatoms. The van der Waals surface area contributed by atoms with Crippen molar-refractivity contribution in [2.45, 2.75) is 6.18 Å². The van der Waals surface area contributed by atoms with Crippen molar-refractivity contribution in [2.75, 3.05) is 0 Å². The van der Waals surface area contributed by atoms with E-state index in [2.05, 4.69) is 15.0 Å². The third-order valence-electron chi connectivity index (χ3n) is 3.30. The second kappa shape index (κ2) is 5.98. The van der Waals surface area contributed by atoms with Gasteiger partial charge in [0.2, 0.25) is 0 Å². The lowest BCUT2D eigenvalue weighted by Crippen LogP contribution is -2.08. The van der Waals surface area contributed by atoms with Gasteiger partial charge < -0.3 is 4.98 Å². The highest BCUT2D eigenvalue weighted by atomic mass is 35.5. The van der Waals surface area contributed by atoms with Crippen LogP contribution in [0, 0.1) is 11.3 Å². The second-order valence-corrected chi connectivity index (χ2v) is 5.26. The van der Waals surface area contributed by atoms with Gasteiger partial charge in [-0.15, -0.1) is 0 Å². The van der Waals surface area contributed by atoms with E-state index in [0.29, 0.717) is 22.5 Å². The number of hydrogen-bond donors (Lipinski definition) is 1. The number of aromatic nitrogens is 3. The van der Waals surface area contributed by atoms with Gasteiger partial charge in [-0.25, -0.2) is 9.97 Å². The van der Waals surface area contributed by atoms with Crippen LogP contribution < -0.4 is 0 Å². The molecule has 3 rings (SSSR count). The Bertz CT molecular complexity index is 927. The molecule has 0 aliphatic rings. The number of nitrogens with zero attached hydrogens (tertiary/aromatic N) is 3. The minimum absolute atomic E-state index is 0.234. The van der Waals surface area contributed by atoms with Crippen LogP contribution in [0.2, 0.25) is 5.15 Å². The molecule has 24 heavy (non-hydrogen) atoms. The van der Waals surface area contributed by atoms with Gasteiger partial charge in [0.15, 0.2) is 0 Å². The lowest BCUT2D eigenvalue weighted by Gasteiger charge is -2.12. The first-order chi connectivity index (χ1) is 11.4. The van der Waals surface area contributed by atoms with Gasteiger partial charge in [0.05, 0.1) is 11.6 Å². The minimum Gasteiger partial charge on any atom is -0.345 e. The van der Waals surface area contributed by atoms with E-state index >= 15 is 0 Å². The molecule has 2 heterocycles. The summed E-state index contributed by atoms with van der Waals surface area (Å²) in [4.78, 5) is 10.3. The number of rotatable bonds is 2. The fourth-order valence-electron chi connectivity index (χ4n) is 2.27. The summed E-state index contributed by atoms with van der Waals surface area (Å²) < 4.78 is 38.9. The first-order valence-corrected chi connectivity index (χ1v) is 7.05. The van der Waals surface area contributed by atoms with E-state index in [1.807, 2.05) is 6.07 Å². The number of nitriles is 1. The van der Waals surface area contributed by atoms with Crippen molar-refractivity contribution < 1.29 is 13.2 Å². The molecule has 0 aliphatic carbocycles. The van der Waals surface area contributed by atoms with Gasteiger partial charge in [0, 0.05) is 18.0 Å². The molecular weight excluding hydrogens is 341 g/mol. The van der Waals surface area contributed by atoms with Gasteiger partial charge in [-0.3, -0.25) is 0 Å². The number of aromatic amines is 1. The number of benzene rings is 1. The topological polar surface area (TPSA) is 65.4 Å². The quantitative estimate of drug-likeness (QED) is 0.684. The predicted octanol–water partition coefficient (Wildman–Crippen LogP) is 4.68. The molecule has 0 fully saturated rings. The van der Waals surface area contributed by atoms with Gasteiger partial charge in [-0.2, -0.15) is 18.4 Å². The van der Waals surface area contributed by atoms with E-state index < -0.39 is 11.9 Å². The van der Waals surface area contributed by atoms with Crippen molar-refractivity contribution in [3.63, 3.8) is 0 Å². The Morgan fingerprint density at radius 1 is 1.12 bits per heavy atom. The van der Waals surface area contributed by atoms with Crippen LogP contribution in [0.5, 0.6) is 0 Å². The Morgan fingerprint density at radius 3 is 2.54 bits per heavy atom. The molecule has 3 aromatic rings. The van der Waals surface area contributed by atoms with Crippen LogP contribution in [-0.2, 0) is 6.18 Å². The molecule has 0 bridgehead atoms. The fourth-order valence-corrected chi connectivity index (χ4v) is 2.48. The molecule has 0 radical (unpaired) electrons. The Balaban J connectivity index is 2.24. The number of H-pyrrole nitrogens is 1. The van der Waals surface area contributed by atoms with E-state index in [-0.39, 0.29) is 10.7 Å². The van der Waals surface area contributed by atoms with E-state index in [1.165, 1.54) is 18.3 Å². The van der Waals surface area contributed by atoms with Gasteiger partial charge in [0.25, 0.3) is 0 Å². The number of pyridine rings is 1. The Labute approximate surface area is 139 Å². The highest BCUT2D eigenvalue weighted by Crippen LogP contribution is 2.36. The molecule has 0 saturated carbocycles. The van der Waals surface area contributed by atoms with Crippen LogP contribution in [0.1, 0.15) is 11.3 Å². The number of nitrogens with one attached hydrogen (secondary N) is 1. The summed E-state index contributed by atoms with van der Waals surface area (Å²) in [5.74, 6) is 0.434. The van der Waals surface area contributed by atoms with E-state index in [1.54, 1.807) is 18.3 Å². The van der Waals surface area contributed by atoms with E-state index in [0.717, 1.165) is 6.07 Å². The average Bonchev–Trinajstić information content (AvgIpc) is 3.07. The second-order valence-electron chi connectivity index (χ2n) is 4.87. The van der Waals surface area contributed by atoms with E-state index in [9.17, 15) is 13.2 Å². The molecule has 0 aliphatic heterocycles. The van der Waals surface area contributed by atoms with Crippen molar-refractivity contribution in [2.24, 2.45) is 0 Å². The van der Waals surface area contributed by atoms with Crippen LogP contribution in [-0.4, -0.2) is 15.0 Å². The third-order valence-corrected chi connectivity index (χ3v) is 3.49. The molecule has 0 atom stereocenters. The molecule has 0 spiro atoms. The average molecular weight is 349 g/mol. The highest BCUT2D eigenvalue weighted by Gasteiger charge is 2.33. The highest BCUT2D eigenvalue weighted by molar-refractivity contribution is 6.29. The van der Waals surface area contributed by atoms with Gasteiger partial charge in [-0.1, -0.05) is 17.7 Å². The van der Waals surface area contributed by atoms with Crippen molar-refractivity contribution >= 4 is 11.6 Å². The van der Waals surface area contributed by atoms with E-state index in [4.69, 9.17) is 16.9 Å². The predicted molar refractivity (Wildman–Crippen MR) is 82.0 cm³/mol. The van der Waals surface area contributed by atoms with Gasteiger partial charge >= 0.3 is 6.18 Å². The monoisotopic (exact) mass is 348 g/mol. The van der Waals surface area contributed by atoms with Crippen molar-refractivity contribution in [3.05, 3.63) is 59.1 Å². The zero-order chi connectivity index (χ0) is 17.3. The Morgan fingerprint density at radius 2 is 1.92 bits per heavy atom. The number of imidazole rings is 1. The maximum absolute atomic E-state index is 13.0. The standard InChI is InChI=1S/C16H8ClF3N4/c17-14-7-10(6-13(24-14)16(18,19)20)11-2-1-9(8-21)5-12(11)15-22-3-4-23-15/h1-7H,(H,22,23). The molecule has 0 saturated heterocycles. The minimum atomic E-state index is -4.61. The first-order valence-electron chi connectivity index (χ1n) is 6.67. The van der Waals surface area contributed by atoms with Crippen molar-refractivity contribution in [1.29, 1.82) is 5.26 Å². The maximum atomic E-state index is 13.0. The molecule has 120 valence electrons. The smallest absolute Gasteiger partial charge is 0.345 e. The lowest BCUT2D eigenvalue weighted by atomic mass is 9.97. The summed E-state index contributed by atoms with van der Waals surface area (Å²) in [7, 11) is 0. The molecule has 1 aromatic carbocycles. The maximum Gasteiger partial charge on any atom is 0.433 e. The molecule has 0 amide bonds. The summed E-state index contributed by atoms with van der Waals surface area (Å²) in [6.07, 6.45) is -1.52. The Hall–Kier alpha value is -2.85. The normalized spacial score (nSPS) is 11.3. The molecule has 4 nitrogen and oxygen atoms in total. The molecule has 2 aromatic heterocycles. The number of halogens is 4. The van der Waals surface area contributed by atoms with Crippen LogP contribution in [0.3, 0.4) is 0 Å². The van der Waals surface area contributed by atoms with Crippen LogP contribution in [0.25, 0.3) is 22.5 Å².